The van der Waals surface area contributed by atoms with Crippen molar-refractivity contribution in [3.63, 3.8) is 0 Å². The fraction of sp³-hybridized carbons (Fsp3) is 0.600. The summed E-state index contributed by atoms with van der Waals surface area (Å²) in [4.78, 5) is 0. The van der Waals surface area contributed by atoms with Gasteiger partial charge in [-0.05, 0) is 13.8 Å². The average Bonchev–Trinajstić information content (AvgIpc) is 2.04. The van der Waals surface area contributed by atoms with Gasteiger partial charge in [-0.1, -0.05) is 0 Å². The minimum Gasteiger partial charge on any atom is -0.202 e. The lowest BCUT2D eigenvalue weighted by Crippen LogP contribution is -2.23. The molecule has 2 nitrogen and oxygen atoms in total. The minimum absolute atomic E-state index is 0.172. The van der Waals surface area contributed by atoms with E-state index in [4.69, 9.17) is 0 Å². The molecule has 0 spiro atoms. The first-order chi connectivity index (χ1) is 7.05. The number of rotatable bonds is 2. The number of alkyl halides is 4. The molecule has 0 aromatic carbocycles. The number of aryl methyl sites for hydroxylation is 2. The van der Waals surface area contributed by atoms with Crippen LogP contribution in [0.25, 0.3) is 0 Å². The maximum Gasteiger partial charge on any atom is 0.272 e. The SMILES string of the molecule is Cc1nnc(C)c(C(C)(F)F)c1C(C)(F)F. The van der Waals surface area contributed by atoms with Crippen LogP contribution in [0.3, 0.4) is 0 Å². The Kier molecular flexibility index (Phi) is 2.96. The second-order valence-corrected chi connectivity index (χ2v) is 3.90. The van der Waals surface area contributed by atoms with Crippen LogP contribution in [-0.2, 0) is 11.8 Å². The third kappa shape index (κ3) is 2.31. The van der Waals surface area contributed by atoms with Gasteiger partial charge < -0.3 is 0 Å². The van der Waals surface area contributed by atoms with E-state index in [0.717, 1.165) is 0 Å². The molecule has 16 heavy (non-hydrogen) atoms. The van der Waals surface area contributed by atoms with Gasteiger partial charge in [-0.25, -0.2) is 17.6 Å². The fourth-order valence-electron chi connectivity index (χ4n) is 1.69. The smallest absolute Gasteiger partial charge is 0.202 e. The summed E-state index contributed by atoms with van der Waals surface area (Å²) in [5.74, 6) is -6.72. The van der Waals surface area contributed by atoms with E-state index in [1.807, 2.05) is 0 Å². The van der Waals surface area contributed by atoms with E-state index in [1.165, 1.54) is 13.8 Å². The van der Waals surface area contributed by atoms with Gasteiger partial charge in [0.2, 0.25) is 0 Å². The third-order valence-corrected chi connectivity index (χ3v) is 2.20. The molecule has 0 atom stereocenters. The molecule has 0 radical (unpaired) electrons. The number of hydrogen-bond acceptors (Lipinski definition) is 2. The molecule has 1 aromatic heterocycles. The molecule has 0 aliphatic rings. The Morgan fingerprint density at radius 1 is 0.750 bits per heavy atom. The highest BCUT2D eigenvalue weighted by Gasteiger charge is 2.40. The summed E-state index contributed by atoms with van der Waals surface area (Å²) in [7, 11) is 0. The second-order valence-electron chi connectivity index (χ2n) is 3.90. The van der Waals surface area contributed by atoms with Crippen LogP contribution >= 0.6 is 0 Å². The number of nitrogens with zero attached hydrogens (tertiary/aromatic N) is 2. The van der Waals surface area contributed by atoms with Gasteiger partial charge in [0.15, 0.2) is 0 Å². The molecular weight excluding hydrogens is 224 g/mol. The first-order valence-corrected chi connectivity index (χ1v) is 4.65. The molecule has 0 saturated carbocycles. The summed E-state index contributed by atoms with van der Waals surface area (Å²) >= 11 is 0. The van der Waals surface area contributed by atoms with E-state index in [0.29, 0.717) is 13.8 Å². The van der Waals surface area contributed by atoms with Crippen LogP contribution < -0.4 is 0 Å². The lowest BCUT2D eigenvalue weighted by molar-refractivity contribution is -0.0122. The Labute approximate surface area is 90.7 Å². The summed E-state index contributed by atoms with van der Waals surface area (Å²) in [5, 5.41) is 6.91. The molecule has 0 unspecified atom stereocenters. The van der Waals surface area contributed by atoms with E-state index in [2.05, 4.69) is 10.2 Å². The van der Waals surface area contributed by atoms with Crippen molar-refractivity contribution >= 4 is 0 Å². The molecule has 1 rings (SSSR count). The summed E-state index contributed by atoms with van der Waals surface area (Å²) in [5.41, 5.74) is -1.80. The highest BCUT2D eigenvalue weighted by atomic mass is 19.3. The van der Waals surface area contributed by atoms with E-state index < -0.39 is 23.0 Å². The monoisotopic (exact) mass is 236 g/mol. The van der Waals surface area contributed by atoms with Crippen molar-refractivity contribution < 1.29 is 17.6 Å². The molecule has 0 saturated heterocycles. The maximum absolute atomic E-state index is 13.3. The molecule has 0 aliphatic heterocycles. The van der Waals surface area contributed by atoms with E-state index in [9.17, 15) is 17.6 Å². The highest BCUT2D eigenvalue weighted by Crippen LogP contribution is 2.40. The van der Waals surface area contributed by atoms with Crippen LogP contribution in [0.5, 0.6) is 0 Å². The Morgan fingerprint density at radius 3 is 1.19 bits per heavy atom. The number of aromatic nitrogens is 2. The predicted octanol–water partition coefficient (Wildman–Crippen LogP) is 3.32. The zero-order valence-electron chi connectivity index (χ0n) is 9.41. The molecule has 1 heterocycles. The van der Waals surface area contributed by atoms with Crippen molar-refractivity contribution in [2.24, 2.45) is 0 Å². The van der Waals surface area contributed by atoms with E-state index in [1.54, 1.807) is 0 Å². The van der Waals surface area contributed by atoms with Crippen LogP contribution in [0, 0.1) is 13.8 Å². The topological polar surface area (TPSA) is 25.8 Å². The molecule has 0 aliphatic carbocycles. The number of hydrogen-bond donors (Lipinski definition) is 0. The minimum atomic E-state index is -3.36. The van der Waals surface area contributed by atoms with Gasteiger partial charge in [-0.15, -0.1) is 0 Å². The van der Waals surface area contributed by atoms with Crippen molar-refractivity contribution in [2.45, 2.75) is 39.5 Å². The van der Waals surface area contributed by atoms with Gasteiger partial charge in [0, 0.05) is 13.8 Å². The largest absolute Gasteiger partial charge is 0.272 e. The van der Waals surface area contributed by atoms with E-state index in [-0.39, 0.29) is 11.4 Å². The van der Waals surface area contributed by atoms with Crippen molar-refractivity contribution in [3.8, 4) is 0 Å². The normalized spacial score (nSPS) is 13.0. The first kappa shape index (κ1) is 12.9. The van der Waals surface area contributed by atoms with Crippen LogP contribution in [0.4, 0.5) is 17.6 Å². The summed E-state index contributed by atoms with van der Waals surface area (Å²) < 4.78 is 53.1. The quantitative estimate of drug-likeness (QED) is 0.736. The highest BCUT2D eigenvalue weighted by molar-refractivity contribution is 5.38. The van der Waals surface area contributed by atoms with E-state index >= 15 is 0 Å². The fourth-order valence-corrected chi connectivity index (χ4v) is 1.69. The molecule has 0 amide bonds. The van der Waals surface area contributed by atoms with Gasteiger partial charge in [0.25, 0.3) is 11.8 Å². The molecule has 1 aromatic rings. The van der Waals surface area contributed by atoms with Crippen LogP contribution in [-0.4, -0.2) is 10.2 Å². The van der Waals surface area contributed by atoms with Gasteiger partial charge >= 0.3 is 0 Å². The van der Waals surface area contributed by atoms with Crippen LogP contribution in [0.15, 0.2) is 0 Å². The van der Waals surface area contributed by atoms with Gasteiger partial charge in [0.05, 0.1) is 22.5 Å². The molecule has 6 heteroatoms. The Balaban J connectivity index is 3.64. The lowest BCUT2D eigenvalue weighted by atomic mass is 9.96. The Hall–Kier alpha value is -1.20. The van der Waals surface area contributed by atoms with Gasteiger partial charge in [0.1, 0.15) is 0 Å². The predicted molar refractivity (Wildman–Crippen MR) is 50.6 cm³/mol. The standard InChI is InChI=1S/C10H12F4N2/c1-5-7(9(3,11)12)8(10(4,13)14)6(2)16-15-5/h1-4H3. The molecule has 0 fully saturated rings. The molecule has 0 bridgehead atoms. The second kappa shape index (κ2) is 3.68. The van der Waals surface area contributed by atoms with Crippen LogP contribution in [0.2, 0.25) is 0 Å². The van der Waals surface area contributed by atoms with Crippen molar-refractivity contribution in [1.29, 1.82) is 0 Å². The lowest BCUT2D eigenvalue weighted by Gasteiger charge is -2.22. The van der Waals surface area contributed by atoms with Crippen molar-refractivity contribution in [2.75, 3.05) is 0 Å². The summed E-state index contributed by atoms with van der Waals surface area (Å²) in [6.07, 6.45) is 0. The summed E-state index contributed by atoms with van der Waals surface area (Å²) in [6, 6.07) is 0. The van der Waals surface area contributed by atoms with Crippen molar-refractivity contribution in [1.82, 2.24) is 10.2 Å². The average molecular weight is 236 g/mol. The van der Waals surface area contributed by atoms with Gasteiger partial charge in [-0.3, -0.25) is 0 Å². The molecular formula is C10H12F4N2. The number of halogens is 4. The molecule has 90 valence electrons. The Morgan fingerprint density at radius 2 is 1.00 bits per heavy atom. The summed E-state index contributed by atoms with van der Waals surface area (Å²) in [6.45, 7) is 3.64. The van der Waals surface area contributed by atoms with Gasteiger partial charge in [-0.2, -0.15) is 10.2 Å². The first-order valence-electron chi connectivity index (χ1n) is 4.65. The maximum atomic E-state index is 13.3. The third-order valence-electron chi connectivity index (χ3n) is 2.20. The van der Waals surface area contributed by atoms with Crippen LogP contribution in [0.1, 0.15) is 36.4 Å². The Bertz CT molecular complexity index is 366. The van der Waals surface area contributed by atoms with Crippen molar-refractivity contribution in [3.05, 3.63) is 22.5 Å². The molecule has 0 N–H and O–H groups in total. The zero-order valence-corrected chi connectivity index (χ0v) is 9.41. The zero-order chi connectivity index (χ0) is 12.7.